The van der Waals surface area contributed by atoms with Crippen LogP contribution in [0.2, 0.25) is 0 Å². The van der Waals surface area contributed by atoms with Crippen LogP contribution >= 0.6 is 0 Å². The first-order valence-corrected chi connectivity index (χ1v) is 3.30. The first-order chi connectivity index (χ1) is 3.79. The number of hydrogen-bond donors (Lipinski definition) is 1. The van der Waals surface area contributed by atoms with E-state index in [2.05, 4.69) is 13.3 Å². The van der Waals surface area contributed by atoms with Crippen LogP contribution in [0.1, 0.15) is 26.2 Å². The molecular weight excluding hydrogens is 100 g/mol. The molecule has 1 radical (unpaired) electrons. The molecule has 2 atom stereocenters. The van der Waals surface area contributed by atoms with Gasteiger partial charge in [-0.3, -0.25) is 0 Å². The fourth-order valence-corrected chi connectivity index (χ4v) is 1.08. The Morgan fingerprint density at radius 3 is 2.62 bits per heavy atom. The quantitative estimate of drug-likeness (QED) is 0.503. The molecule has 0 heterocycles. The zero-order chi connectivity index (χ0) is 5.98. The standard InChI is InChI=1S/C7H13O/c1-6-2-4-7(8)5-3-6/h2,6-8H,3-5H2,1H3. The molecule has 1 N–H and O–H groups in total. The predicted molar refractivity (Wildman–Crippen MR) is 33.3 cm³/mol. The molecule has 1 saturated carbocycles. The topological polar surface area (TPSA) is 20.2 Å². The molecule has 1 nitrogen and oxygen atoms in total. The van der Waals surface area contributed by atoms with Crippen molar-refractivity contribution in [2.45, 2.75) is 32.3 Å². The van der Waals surface area contributed by atoms with Crippen molar-refractivity contribution in [3.8, 4) is 0 Å². The summed E-state index contributed by atoms with van der Waals surface area (Å²) < 4.78 is 0. The van der Waals surface area contributed by atoms with Crippen molar-refractivity contribution in [2.75, 3.05) is 0 Å². The van der Waals surface area contributed by atoms with Gasteiger partial charge in [0.15, 0.2) is 0 Å². The summed E-state index contributed by atoms with van der Waals surface area (Å²) in [6.07, 6.45) is 5.24. The third-order valence-corrected chi connectivity index (χ3v) is 1.77. The largest absolute Gasteiger partial charge is 0.393 e. The lowest BCUT2D eigenvalue weighted by Gasteiger charge is -2.21. The summed E-state index contributed by atoms with van der Waals surface area (Å²) >= 11 is 0. The molecule has 0 aromatic rings. The van der Waals surface area contributed by atoms with Crippen molar-refractivity contribution in [2.24, 2.45) is 5.92 Å². The lowest BCUT2D eigenvalue weighted by Crippen LogP contribution is -2.16. The minimum atomic E-state index is -0.0359. The maximum absolute atomic E-state index is 9.00. The lowest BCUT2D eigenvalue weighted by molar-refractivity contribution is 0.136. The second-order valence-electron chi connectivity index (χ2n) is 2.68. The second-order valence-corrected chi connectivity index (χ2v) is 2.68. The molecule has 0 amide bonds. The van der Waals surface area contributed by atoms with Gasteiger partial charge in [-0.2, -0.15) is 0 Å². The number of aliphatic hydroxyl groups excluding tert-OH is 1. The maximum Gasteiger partial charge on any atom is 0.0543 e. The monoisotopic (exact) mass is 113 g/mol. The van der Waals surface area contributed by atoms with Crippen molar-refractivity contribution in [1.82, 2.24) is 0 Å². The van der Waals surface area contributed by atoms with E-state index in [1.165, 1.54) is 6.42 Å². The minimum absolute atomic E-state index is 0.0359. The van der Waals surface area contributed by atoms with E-state index in [0.717, 1.165) is 18.8 Å². The molecule has 0 bridgehead atoms. The van der Waals surface area contributed by atoms with Crippen molar-refractivity contribution in [1.29, 1.82) is 0 Å². The fourth-order valence-electron chi connectivity index (χ4n) is 1.08. The van der Waals surface area contributed by atoms with Gasteiger partial charge in [-0.05, 0) is 31.6 Å². The Morgan fingerprint density at radius 2 is 2.25 bits per heavy atom. The Morgan fingerprint density at radius 1 is 1.50 bits per heavy atom. The summed E-state index contributed by atoms with van der Waals surface area (Å²) in [6.45, 7) is 2.20. The van der Waals surface area contributed by atoms with E-state index in [9.17, 15) is 0 Å². The Kier molecular flexibility index (Phi) is 1.90. The Bertz CT molecular complexity index is 52.8. The average molecular weight is 113 g/mol. The molecular formula is C7H13O. The van der Waals surface area contributed by atoms with Crippen molar-refractivity contribution in [3.63, 3.8) is 0 Å². The third kappa shape index (κ3) is 1.48. The first kappa shape index (κ1) is 6.09. The van der Waals surface area contributed by atoms with Gasteiger partial charge in [-0.1, -0.05) is 6.92 Å². The molecule has 0 spiro atoms. The number of rotatable bonds is 0. The lowest BCUT2D eigenvalue weighted by atomic mass is 9.89. The molecule has 1 fully saturated rings. The Labute approximate surface area is 50.7 Å². The van der Waals surface area contributed by atoms with Gasteiger partial charge >= 0.3 is 0 Å². The SMILES string of the molecule is CC1[CH]CC(O)CC1. The summed E-state index contributed by atoms with van der Waals surface area (Å²) in [5.74, 6) is 0.735. The van der Waals surface area contributed by atoms with Crippen LogP contribution in [-0.4, -0.2) is 11.2 Å². The van der Waals surface area contributed by atoms with E-state index in [1.54, 1.807) is 0 Å². The van der Waals surface area contributed by atoms with Gasteiger partial charge in [0.2, 0.25) is 0 Å². The normalized spacial score (nSPS) is 39.8. The summed E-state index contributed by atoms with van der Waals surface area (Å²) in [5.41, 5.74) is 0. The molecule has 1 heteroatoms. The smallest absolute Gasteiger partial charge is 0.0543 e. The molecule has 0 saturated heterocycles. The average Bonchev–Trinajstić information content (AvgIpc) is 1.77. The van der Waals surface area contributed by atoms with Crippen LogP contribution in [0.3, 0.4) is 0 Å². The van der Waals surface area contributed by atoms with Gasteiger partial charge in [0.1, 0.15) is 0 Å². The van der Waals surface area contributed by atoms with E-state index >= 15 is 0 Å². The van der Waals surface area contributed by atoms with Crippen LogP contribution in [0.25, 0.3) is 0 Å². The van der Waals surface area contributed by atoms with E-state index in [4.69, 9.17) is 5.11 Å². The van der Waals surface area contributed by atoms with Gasteiger partial charge in [0, 0.05) is 0 Å². The van der Waals surface area contributed by atoms with E-state index in [-0.39, 0.29) is 6.10 Å². The van der Waals surface area contributed by atoms with Crippen LogP contribution in [0.5, 0.6) is 0 Å². The summed E-state index contributed by atoms with van der Waals surface area (Å²) in [6, 6.07) is 0. The highest BCUT2D eigenvalue weighted by Crippen LogP contribution is 2.21. The first-order valence-electron chi connectivity index (χ1n) is 3.30. The molecule has 47 valence electrons. The molecule has 1 rings (SSSR count). The summed E-state index contributed by atoms with van der Waals surface area (Å²) in [7, 11) is 0. The highest BCUT2D eigenvalue weighted by Gasteiger charge is 2.14. The molecule has 1 aliphatic carbocycles. The van der Waals surface area contributed by atoms with Gasteiger partial charge in [0.05, 0.1) is 6.10 Å². The molecule has 0 aromatic carbocycles. The van der Waals surface area contributed by atoms with Gasteiger partial charge in [0.25, 0.3) is 0 Å². The summed E-state index contributed by atoms with van der Waals surface area (Å²) in [5, 5.41) is 9.00. The molecule has 2 unspecified atom stereocenters. The molecule has 0 aliphatic heterocycles. The zero-order valence-corrected chi connectivity index (χ0v) is 5.30. The van der Waals surface area contributed by atoms with Crippen molar-refractivity contribution < 1.29 is 5.11 Å². The number of aliphatic hydroxyl groups is 1. The van der Waals surface area contributed by atoms with Crippen LogP contribution in [-0.2, 0) is 0 Å². The van der Waals surface area contributed by atoms with Crippen LogP contribution in [0, 0.1) is 12.3 Å². The van der Waals surface area contributed by atoms with Crippen molar-refractivity contribution >= 4 is 0 Å². The van der Waals surface area contributed by atoms with Crippen molar-refractivity contribution in [3.05, 3.63) is 6.42 Å². The minimum Gasteiger partial charge on any atom is -0.393 e. The highest BCUT2D eigenvalue weighted by atomic mass is 16.3. The maximum atomic E-state index is 9.00. The summed E-state index contributed by atoms with van der Waals surface area (Å²) in [4.78, 5) is 0. The Hall–Kier alpha value is -0.0400. The van der Waals surface area contributed by atoms with Gasteiger partial charge in [-0.25, -0.2) is 0 Å². The van der Waals surface area contributed by atoms with E-state index in [0.29, 0.717) is 0 Å². The van der Waals surface area contributed by atoms with Crippen LogP contribution < -0.4 is 0 Å². The van der Waals surface area contributed by atoms with Gasteiger partial charge < -0.3 is 5.11 Å². The number of hydrogen-bond acceptors (Lipinski definition) is 1. The molecule has 0 aromatic heterocycles. The van der Waals surface area contributed by atoms with E-state index < -0.39 is 0 Å². The molecule has 8 heavy (non-hydrogen) atoms. The second kappa shape index (κ2) is 2.49. The van der Waals surface area contributed by atoms with E-state index in [1.807, 2.05) is 0 Å². The zero-order valence-electron chi connectivity index (χ0n) is 5.30. The highest BCUT2D eigenvalue weighted by molar-refractivity contribution is 4.82. The van der Waals surface area contributed by atoms with Crippen LogP contribution in [0.15, 0.2) is 0 Å². The van der Waals surface area contributed by atoms with Gasteiger partial charge in [-0.15, -0.1) is 0 Å². The third-order valence-electron chi connectivity index (χ3n) is 1.77. The van der Waals surface area contributed by atoms with Crippen LogP contribution in [0.4, 0.5) is 0 Å². The molecule has 1 aliphatic rings. The fraction of sp³-hybridized carbons (Fsp3) is 0.857. The predicted octanol–water partition coefficient (Wildman–Crippen LogP) is 1.37. The Balaban J connectivity index is 2.19.